The Hall–Kier alpha value is -2.24. The fourth-order valence-electron chi connectivity index (χ4n) is 2.03. The van der Waals surface area contributed by atoms with Crippen LogP contribution < -0.4 is 0 Å². The van der Waals surface area contributed by atoms with E-state index in [0.29, 0.717) is 29.3 Å². The summed E-state index contributed by atoms with van der Waals surface area (Å²) in [6.07, 6.45) is 2.03. The van der Waals surface area contributed by atoms with E-state index in [0.717, 1.165) is 18.5 Å². The van der Waals surface area contributed by atoms with Crippen LogP contribution in [0.3, 0.4) is 0 Å². The van der Waals surface area contributed by atoms with Crippen LogP contribution in [0.25, 0.3) is 11.4 Å². The number of ether oxygens (including phenoxy) is 1. The third kappa shape index (κ3) is 2.29. The first kappa shape index (κ1) is 12.8. The fourth-order valence-corrected chi connectivity index (χ4v) is 2.03. The maximum Gasteiger partial charge on any atom is 0.344 e. The molecule has 0 atom stereocenters. The number of hydrogen-bond acceptors (Lipinski definition) is 6. The lowest BCUT2D eigenvalue weighted by Gasteiger charge is -2.03. The van der Waals surface area contributed by atoms with Gasteiger partial charge in [-0.25, -0.2) is 4.79 Å². The molecule has 0 bridgehead atoms. The molecule has 6 nitrogen and oxygen atoms in total. The van der Waals surface area contributed by atoms with Gasteiger partial charge in [0.2, 0.25) is 0 Å². The summed E-state index contributed by atoms with van der Waals surface area (Å²) < 4.78 is 10.5. The van der Waals surface area contributed by atoms with Crippen LogP contribution in [0, 0.1) is 6.92 Å². The number of rotatable bonds is 4. The van der Waals surface area contributed by atoms with Gasteiger partial charge in [0.15, 0.2) is 5.76 Å². The lowest BCUT2D eigenvalue weighted by Crippen LogP contribution is -2.08. The molecule has 0 amide bonds. The first-order valence-electron chi connectivity index (χ1n) is 6.68. The number of hydrogen-bond donors (Lipinski definition) is 0. The molecule has 6 heteroatoms. The zero-order valence-corrected chi connectivity index (χ0v) is 11.4. The second kappa shape index (κ2) is 5.03. The van der Waals surface area contributed by atoms with Crippen molar-refractivity contribution in [3.8, 4) is 11.4 Å². The summed E-state index contributed by atoms with van der Waals surface area (Å²) in [5.74, 6) is 0.475. The standard InChI is InChI=1S/C14H15N3O3/c1-3-19-14(18)11-12(10-7-4-8(2)15-16-10)17-20-13(11)9-5-6-9/h4,7,9H,3,5-6H2,1-2H3. The molecule has 1 aliphatic carbocycles. The Kier molecular flexibility index (Phi) is 3.22. The third-order valence-electron chi connectivity index (χ3n) is 3.19. The minimum absolute atomic E-state index is 0.272. The summed E-state index contributed by atoms with van der Waals surface area (Å²) in [7, 11) is 0. The predicted octanol–water partition coefficient (Wildman–Crippen LogP) is 2.49. The van der Waals surface area contributed by atoms with Crippen LogP contribution in [0.15, 0.2) is 16.7 Å². The van der Waals surface area contributed by atoms with E-state index in [1.807, 2.05) is 13.0 Å². The van der Waals surface area contributed by atoms with E-state index in [1.165, 1.54) is 0 Å². The molecule has 3 rings (SSSR count). The van der Waals surface area contributed by atoms with Crippen molar-refractivity contribution in [3.63, 3.8) is 0 Å². The summed E-state index contributed by atoms with van der Waals surface area (Å²) in [6.45, 7) is 3.93. The Morgan fingerprint density at radius 3 is 2.80 bits per heavy atom. The number of esters is 1. The Bertz CT molecular complexity index is 630. The van der Waals surface area contributed by atoms with Gasteiger partial charge < -0.3 is 9.26 Å². The first-order chi connectivity index (χ1) is 9.70. The molecule has 0 N–H and O–H groups in total. The average molecular weight is 273 g/mol. The van der Waals surface area contributed by atoms with Crippen LogP contribution in [0.4, 0.5) is 0 Å². The summed E-state index contributed by atoms with van der Waals surface area (Å²) in [5.41, 5.74) is 2.14. The number of carbonyl (C=O) groups is 1. The topological polar surface area (TPSA) is 78.1 Å². The van der Waals surface area contributed by atoms with Crippen molar-refractivity contribution in [1.82, 2.24) is 15.4 Å². The Morgan fingerprint density at radius 1 is 1.40 bits per heavy atom. The summed E-state index contributed by atoms with van der Waals surface area (Å²) in [6, 6.07) is 3.60. The molecular formula is C14H15N3O3. The molecule has 2 aromatic rings. The van der Waals surface area contributed by atoms with Crippen molar-refractivity contribution in [2.45, 2.75) is 32.6 Å². The van der Waals surface area contributed by atoms with Crippen LogP contribution in [-0.2, 0) is 4.74 Å². The number of carbonyl (C=O) groups excluding carboxylic acids is 1. The highest BCUT2D eigenvalue weighted by Gasteiger charge is 2.36. The largest absolute Gasteiger partial charge is 0.462 e. The lowest BCUT2D eigenvalue weighted by atomic mass is 10.1. The monoisotopic (exact) mass is 273 g/mol. The number of aromatic nitrogens is 3. The van der Waals surface area contributed by atoms with Gasteiger partial charge in [-0.05, 0) is 38.8 Å². The zero-order chi connectivity index (χ0) is 14.1. The second-order valence-corrected chi connectivity index (χ2v) is 4.83. The van der Waals surface area contributed by atoms with E-state index >= 15 is 0 Å². The number of nitrogens with zero attached hydrogens (tertiary/aromatic N) is 3. The average Bonchev–Trinajstić information content (AvgIpc) is 3.19. The third-order valence-corrected chi connectivity index (χ3v) is 3.19. The van der Waals surface area contributed by atoms with Crippen molar-refractivity contribution in [1.29, 1.82) is 0 Å². The lowest BCUT2D eigenvalue weighted by molar-refractivity contribution is 0.0524. The maximum absolute atomic E-state index is 12.1. The molecule has 0 unspecified atom stereocenters. The van der Waals surface area contributed by atoms with Crippen molar-refractivity contribution < 1.29 is 14.1 Å². The molecular weight excluding hydrogens is 258 g/mol. The summed E-state index contributed by atoms with van der Waals surface area (Å²) >= 11 is 0. The fraction of sp³-hybridized carbons (Fsp3) is 0.429. The van der Waals surface area contributed by atoms with Crippen LogP contribution in [0.1, 0.15) is 47.5 Å². The molecule has 0 spiro atoms. The molecule has 2 aromatic heterocycles. The van der Waals surface area contributed by atoms with E-state index < -0.39 is 5.97 Å². The van der Waals surface area contributed by atoms with Gasteiger partial charge in [-0.2, -0.15) is 5.10 Å². The molecule has 0 saturated heterocycles. The van der Waals surface area contributed by atoms with Gasteiger partial charge in [0, 0.05) is 5.92 Å². The molecule has 0 aliphatic heterocycles. The van der Waals surface area contributed by atoms with Gasteiger partial charge >= 0.3 is 5.97 Å². The van der Waals surface area contributed by atoms with E-state index in [-0.39, 0.29) is 5.92 Å². The van der Waals surface area contributed by atoms with Gasteiger partial charge in [-0.15, -0.1) is 5.10 Å². The van der Waals surface area contributed by atoms with Gasteiger partial charge in [0.1, 0.15) is 17.0 Å². The molecule has 2 heterocycles. The van der Waals surface area contributed by atoms with Gasteiger partial charge in [0.25, 0.3) is 0 Å². The van der Waals surface area contributed by atoms with Crippen molar-refractivity contribution in [3.05, 3.63) is 29.2 Å². The van der Waals surface area contributed by atoms with Gasteiger partial charge in [-0.1, -0.05) is 5.16 Å². The molecule has 104 valence electrons. The van der Waals surface area contributed by atoms with Crippen molar-refractivity contribution in [2.75, 3.05) is 6.61 Å². The van der Waals surface area contributed by atoms with Gasteiger partial charge in [0.05, 0.1) is 12.3 Å². The predicted molar refractivity (Wildman–Crippen MR) is 70.2 cm³/mol. The maximum atomic E-state index is 12.1. The Balaban J connectivity index is 2.05. The smallest absolute Gasteiger partial charge is 0.344 e. The van der Waals surface area contributed by atoms with E-state index in [4.69, 9.17) is 9.26 Å². The minimum atomic E-state index is -0.409. The zero-order valence-electron chi connectivity index (χ0n) is 11.4. The Morgan fingerprint density at radius 2 is 2.20 bits per heavy atom. The highest BCUT2D eigenvalue weighted by molar-refractivity contribution is 5.97. The molecule has 0 aromatic carbocycles. The molecule has 0 radical (unpaired) electrons. The SMILES string of the molecule is CCOC(=O)c1c(-c2ccc(C)nn2)noc1C1CC1. The first-order valence-corrected chi connectivity index (χ1v) is 6.68. The van der Waals surface area contributed by atoms with E-state index in [9.17, 15) is 4.79 Å². The second-order valence-electron chi connectivity index (χ2n) is 4.83. The molecule has 1 fully saturated rings. The van der Waals surface area contributed by atoms with Crippen molar-refractivity contribution >= 4 is 5.97 Å². The van der Waals surface area contributed by atoms with Crippen LogP contribution in [0.5, 0.6) is 0 Å². The summed E-state index contributed by atoms with van der Waals surface area (Å²) in [4.78, 5) is 12.1. The molecule has 20 heavy (non-hydrogen) atoms. The van der Waals surface area contributed by atoms with Crippen LogP contribution in [-0.4, -0.2) is 27.9 Å². The number of aryl methyl sites for hydroxylation is 1. The van der Waals surface area contributed by atoms with Crippen LogP contribution in [0.2, 0.25) is 0 Å². The van der Waals surface area contributed by atoms with E-state index in [2.05, 4.69) is 15.4 Å². The Labute approximate surface area is 116 Å². The molecule has 1 saturated carbocycles. The minimum Gasteiger partial charge on any atom is -0.462 e. The normalized spacial score (nSPS) is 14.3. The quantitative estimate of drug-likeness (QED) is 0.796. The van der Waals surface area contributed by atoms with E-state index in [1.54, 1.807) is 13.0 Å². The molecule has 1 aliphatic rings. The highest BCUT2D eigenvalue weighted by atomic mass is 16.5. The van der Waals surface area contributed by atoms with Gasteiger partial charge in [-0.3, -0.25) is 0 Å². The highest BCUT2D eigenvalue weighted by Crippen LogP contribution is 2.43. The van der Waals surface area contributed by atoms with Crippen LogP contribution >= 0.6 is 0 Å². The summed E-state index contributed by atoms with van der Waals surface area (Å²) in [5, 5.41) is 12.1. The van der Waals surface area contributed by atoms with Crippen molar-refractivity contribution in [2.24, 2.45) is 0 Å².